The number of nitrogens with one attached hydrogen (secondary N) is 1. The second-order valence-electron chi connectivity index (χ2n) is 5.86. The Morgan fingerprint density at radius 1 is 1.08 bits per heavy atom. The number of hydrogen-bond donors (Lipinski definition) is 2. The van der Waals surface area contributed by atoms with Gasteiger partial charge in [-0.15, -0.1) is 0 Å². The van der Waals surface area contributed by atoms with E-state index in [4.69, 9.17) is 19.9 Å². The zero-order valence-electron chi connectivity index (χ0n) is 14.3. The highest BCUT2D eigenvalue weighted by Crippen LogP contribution is 2.34. The Morgan fingerprint density at radius 2 is 1.73 bits per heavy atom. The molecule has 0 bridgehead atoms. The summed E-state index contributed by atoms with van der Waals surface area (Å²) in [5.74, 6) is 0.785. The van der Waals surface area contributed by atoms with Crippen molar-refractivity contribution >= 4 is 17.5 Å². The van der Waals surface area contributed by atoms with Crippen LogP contribution < -0.4 is 25.3 Å². The van der Waals surface area contributed by atoms with E-state index in [1.165, 1.54) is 0 Å². The van der Waals surface area contributed by atoms with E-state index in [1.807, 2.05) is 12.1 Å². The Morgan fingerprint density at radius 3 is 2.46 bits per heavy atom. The fourth-order valence-electron chi connectivity index (χ4n) is 2.57. The molecule has 0 radical (unpaired) electrons. The third kappa shape index (κ3) is 4.05. The lowest BCUT2D eigenvalue weighted by Gasteiger charge is -2.31. The molecule has 3 N–H and O–H groups in total. The topological polar surface area (TPSA) is 99.9 Å². The van der Waals surface area contributed by atoms with Crippen LogP contribution in [0.2, 0.25) is 0 Å². The maximum absolute atomic E-state index is 12.7. The number of primary amides is 1. The average Bonchev–Trinajstić information content (AvgIpc) is 2.62. The zero-order valence-corrected chi connectivity index (χ0v) is 14.3. The smallest absolute Gasteiger partial charge is 0.269 e. The lowest BCUT2D eigenvalue weighted by atomic mass is 10.1. The Labute approximate surface area is 151 Å². The van der Waals surface area contributed by atoms with Gasteiger partial charge in [-0.05, 0) is 31.2 Å². The van der Waals surface area contributed by atoms with Crippen LogP contribution in [-0.4, -0.2) is 30.6 Å². The van der Waals surface area contributed by atoms with Crippen LogP contribution in [0, 0.1) is 0 Å². The van der Waals surface area contributed by atoms with Crippen molar-refractivity contribution in [2.24, 2.45) is 5.73 Å². The van der Waals surface area contributed by atoms with E-state index in [2.05, 4.69) is 5.32 Å². The number of fused-ring (bicyclic) bond motifs is 1. The van der Waals surface area contributed by atoms with Crippen LogP contribution in [0.1, 0.15) is 13.3 Å². The molecule has 2 amide bonds. The van der Waals surface area contributed by atoms with Crippen molar-refractivity contribution in [3.63, 3.8) is 0 Å². The van der Waals surface area contributed by atoms with Gasteiger partial charge in [0.1, 0.15) is 11.9 Å². The highest BCUT2D eigenvalue weighted by molar-refractivity contribution is 5.96. The molecule has 2 aromatic rings. The molecule has 7 heteroatoms. The molecule has 0 aromatic heterocycles. The summed E-state index contributed by atoms with van der Waals surface area (Å²) in [6.07, 6.45) is -1.16. The van der Waals surface area contributed by atoms with Crippen molar-refractivity contribution in [3.8, 4) is 17.2 Å². The van der Waals surface area contributed by atoms with E-state index in [-0.39, 0.29) is 18.9 Å². The van der Waals surface area contributed by atoms with Gasteiger partial charge in [-0.3, -0.25) is 9.59 Å². The Hall–Kier alpha value is -3.22. The molecule has 0 spiro atoms. The van der Waals surface area contributed by atoms with Crippen LogP contribution in [0.5, 0.6) is 17.2 Å². The van der Waals surface area contributed by atoms with Crippen LogP contribution >= 0.6 is 0 Å². The number of carbonyl (C=O) groups is 2. The van der Waals surface area contributed by atoms with Gasteiger partial charge >= 0.3 is 0 Å². The first-order valence-corrected chi connectivity index (χ1v) is 8.28. The zero-order chi connectivity index (χ0) is 18.5. The molecule has 7 nitrogen and oxygen atoms in total. The van der Waals surface area contributed by atoms with Gasteiger partial charge in [0.2, 0.25) is 12.0 Å². The Kier molecular flexibility index (Phi) is 5.26. The summed E-state index contributed by atoms with van der Waals surface area (Å²) < 4.78 is 17.1. The lowest BCUT2D eigenvalue weighted by Crippen LogP contribution is -2.46. The molecule has 1 aliphatic rings. The van der Waals surface area contributed by atoms with Crippen LogP contribution in [0.3, 0.4) is 0 Å². The Bertz CT molecular complexity index is 808. The molecule has 1 aliphatic heterocycles. The number of benzene rings is 2. The minimum absolute atomic E-state index is 0.0929. The first-order chi connectivity index (χ1) is 12.5. The molecule has 2 atom stereocenters. The number of carbonyl (C=O) groups excluding carboxylic acids is 2. The first-order valence-electron chi connectivity index (χ1n) is 8.28. The first kappa shape index (κ1) is 17.6. The van der Waals surface area contributed by atoms with Crippen molar-refractivity contribution in [1.29, 1.82) is 0 Å². The number of para-hydroxylation sites is 4. The van der Waals surface area contributed by atoms with Gasteiger partial charge in [-0.1, -0.05) is 24.3 Å². The van der Waals surface area contributed by atoms with E-state index in [0.717, 1.165) is 0 Å². The van der Waals surface area contributed by atoms with Crippen LogP contribution in [0.4, 0.5) is 5.69 Å². The van der Waals surface area contributed by atoms with E-state index in [0.29, 0.717) is 22.9 Å². The summed E-state index contributed by atoms with van der Waals surface area (Å²) in [4.78, 5) is 23.5. The second kappa shape index (κ2) is 7.77. The fourth-order valence-corrected chi connectivity index (χ4v) is 2.57. The molecule has 26 heavy (non-hydrogen) atoms. The monoisotopic (exact) mass is 356 g/mol. The SMILES string of the molecule is CC1Oc2ccccc2OC1C(=O)Nc1ccccc1OCCC(N)=O. The second-order valence-corrected chi connectivity index (χ2v) is 5.86. The van der Waals surface area contributed by atoms with Gasteiger partial charge < -0.3 is 25.3 Å². The summed E-state index contributed by atoms with van der Waals surface area (Å²) in [5, 5.41) is 2.79. The lowest BCUT2D eigenvalue weighted by molar-refractivity contribution is -0.128. The minimum Gasteiger partial charge on any atom is -0.491 e. The molecule has 3 rings (SSSR count). The van der Waals surface area contributed by atoms with Gasteiger partial charge in [-0.25, -0.2) is 0 Å². The predicted molar refractivity (Wildman–Crippen MR) is 95.3 cm³/mol. The molecule has 1 heterocycles. The van der Waals surface area contributed by atoms with Crippen molar-refractivity contribution in [3.05, 3.63) is 48.5 Å². The highest BCUT2D eigenvalue weighted by atomic mass is 16.6. The van der Waals surface area contributed by atoms with Crippen molar-refractivity contribution < 1.29 is 23.8 Å². The number of amides is 2. The summed E-state index contributed by atoms with van der Waals surface area (Å²) in [6, 6.07) is 14.2. The number of hydrogen-bond acceptors (Lipinski definition) is 5. The van der Waals surface area contributed by atoms with Gasteiger partial charge in [-0.2, -0.15) is 0 Å². The van der Waals surface area contributed by atoms with Crippen LogP contribution in [0.15, 0.2) is 48.5 Å². The highest BCUT2D eigenvalue weighted by Gasteiger charge is 2.34. The molecule has 0 saturated carbocycles. The summed E-state index contributed by atoms with van der Waals surface area (Å²) in [7, 11) is 0. The molecule has 0 fully saturated rings. The summed E-state index contributed by atoms with van der Waals surface area (Å²) >= 11 is 0. The standard InChI is InChI=1S/C19H20N2O5/c1-12-18(26-16-9-5-4-8-15(16)25-12)19(23)21-13-6-2-3-7-14(13)24-11-10-17(20)22/h2-9,12,18H,10-11H2,1H3,(H2,20,22)(H,21,23). The molecular weight excluding hydrogens is 336 g/mol. The molecular formula is C19H20N2O5. The molecule has 0 aliphatic carbocycles. The third-order valence-electron chi connectivity index (χ3n) is 3.85. The van der Waals surface area contributed by atoms with Gasteiger partial charge in [0, 0.05) is 0 Å². The van der Waals surface area contributed by atoms with Gasteiger partial charge in [0.05, 0.1) is 18.7 Å². The van der Waals surface area contributed by atoms with Crippen LogP contribution in [-0.2, 0) is 9.59 Å². The largest absolute Gasteiger partial charge is 0.491 e. The molecule has 0 saturated heterocycles. The number of rotatable bonds is 6. The van der Waals surface area contributed by atoms with Gasteiger partial charge in [0.25, 0.3) is 5.91 Å². The Balaban J connectivity index is 1.69. The van der Waals surface area contributed by atoms with E-state index in [1.54, 1.807) is 43.3 Å². The van der Waals surface area contributed by atoms with E-state index in [9.17, 15) is 9.59 Å². The normalized spacial score (nSPS) is 18.0. The maximum atomic E-state index is 12.7. The molecule has 2 unspecified atom stereocenters. The average molecular weight is 356 g/mol. The minimum atomic E-state index is -0.802. The fraction of sp³-hybridized carbons (Fsp3) is 0.263. The summed E-state index contributed by atoms with van der Waals surface area (Å²) in [5.41, 5.74) is 5.59. The van der Waals surface area contributed by atoms with Crippen molar-refractivity contribution in [2.45, 2.75) is 25.6 Å². The number of nitrogens with two attached hydrogens (primary N) is 1. The number of anilines is 1. The molecule has 136 valence electrons. The number of ether oxygens (including phenoxy) is 3. The van der Waals surface area contributed by atoms with Crippen molar-refractivity contribution in [1.82, 2.24) is 0 Å². The van der Waals surface area contributed by atoms with E-state index < -0.39 is 18.1 Å². The van der Waals surface area contributed by atoms with Crippen LogP contribution in [0.25, 0.3) is 0 Å². The van der Waals surface area contributed by atoms with E-state index >= 15 is 0 Å². The summed E-state index contributed by atoms with van der Waals surface area (Å²) in [6.45, 7) is 1.91. The maximum Gasteiger partial charge on any atom is 0.269 e. The van der Waals surface area contributed by atoms with Gasteiger partial charge in [0.15, 0.2) is 11.5 Å². The predicted octanol–water partition coefficient (Wildman–Crippen LogP) is 2.11. The molecule has 2 aromatic carbocycles. The quantitative estimate of drug-likeness (QED) is 0.826. The van der Waals surface area contributed by atoms with Crippen molar-refractivity contribution in [2.75, 3.05) is 11.9 Å². The third-order valence-corrected chi connectivity index (χ3v) is 3.85.